The van der Waals surface area contributed by atoms with Crippen molar-refractivity contribution in [3.8, 4) is 17.2 Å². The Bertz CT molecular complexity index is 1050. The third-order valence-corrected chi connectivity index (χ3v) is 4.95. The number of anilines is 2. The maximum Gasteiger partial charge on any atom is 0.175 e. The van der Waals surface area contributed by atoms with Gasteiger partial charge in [-0.1, -0.05) is 12.1 Å². The van der Waals surface area contributed by atoms with Gasteiger partial charge in [-0.2, -0.15) is 5.10 Å². The van der Waals surface area contributed by atoms with Gasteiger partial charge in [-0.3, -0.25) is 4.68 Å². The van der Waals surface area contributed by atoms with Crippen molar-refractivity contribution in [2.45, 2.75) is 20.4 Å². The summed E-state index contributed by atoms with van der Waals surface area (Å²) >= 11 is 5.52. The summed E-state index contributed by atoms with van der Waals surface area (Å²) in [5, 5.41) is 11.5. The summed E-state index contributed by atoms with van der Waals surface area (Å²) in [6.07, 6.45) is 0. The fourth-order valence-corrected chi connectivity index (χ4v) is 3.36. The van der Waals surface area contributed by atoms with Gasteiger partial charge in [0, 0.05) is 6.07 Å². The Labute approximate surface area is 182 Å². The van der Waals surface area contributed by atoms with Gasteiger partial charge in [0.25, 0.3) is 0 Å². The van der Waals surface area contributed by atoms with Crippen LogP contribution in [0.2, 0.25) is 0 Å². The molecule has 0 radical (unpaired) electrons. The standard InChI is InChI=1S/C22H26N4O3S/c1-14-21(15(2)26(25-14)13-16-7-6-8-17(11-16)27-3)24-22(30)23-19-10-9-18(28-4)12-20(19)29-5/h6-12H,13H2,1-5H3,(H2,23,24,30). The average Bonchev–Trinajstić information content (AvgIpc) is 3.01. The lowest BCUT2D eigenvalue weighted by molar-refractivity contribution is 0.395. The number of benzene rings is 2. The van der Waals surface area contributed by atoms with E-state index in [1.807, 2.05) is 54.9 Å². The zero-order valence-corrected chi connectivity index (χ0v) is 18.6. The van der Waals surface area contributed by atoms with Crippen LogP contribution in [-0.4, -0.2) is 36.2 Å². The van der Waals surface area contributed by atoms with Gasteiger partial charge in [-0.15, -0.1) is 0 Å². The number of hydrogen-bond acceptors (Lipinski definition) is 5. The highest BCUT2D eigenvalue weighted by Gasteiger charge is 2.14. The minimum absolute atomic E-state index is 0.450. The lowest BCUT2D eigenvalue weighted by Crippen LogP contribution is -2.20. The smallest absolute Gasteiger partial charge is 0.175 e. The maximum absolute atomic E-state index is 5.52. The van der Waals surface area contributed by atoms with Gasteiger partial charge >= 0.3 is 0 Å². The molecular formula is C22H26N4O3S. The highest BCUT2D eigenvalue weighted by molar-refractivity contribution is 7.80. The number of aromatic nitrogens is 2. The summed E-state index contributed by atoms with van der Waals surface area (Å²) < 4.78 is 17.9. The largest absolute Gasteiger partial charge is 0.497 e. The molecule has 0 saturated heterocycles. The molecule has 0 atom stereocenters. The monoisotopic (exact) mass is 426 g/mol. The van der Waals surface area contributed by atoms with E-state index in [-0.39, 0.29) is 0 Å². The number of nitrogens with one attached hydrogen (secondary N) is 2. The Morgan fingerprint density at radius 2 is 1.70 bits per heavy atom. The van der Waals surface area contributed by atoms with E-state index in [1.165, 1.54) is 0 Å². The van der Waals surface area contributed by atoms with Gasteiger partial charge < -0.3 is 24.8 Å². The first-order valence-corrected chi connectivity index (χ1v) is 9.83. The van der Waals surface area contributed by atoms with Crippen molar-refractivity contribution in [2.75, 3.05) is 32.0 Å². The maximum atomic E-state index is 5.52. The Morgan fingerprint density at radius 3 is 2.40 bits per heavy atom. The van der Waals surface area contributed by atoms with Crippen LogP contribution >= 0.6 is 12.2 Å². The van der Waals surface area contributed by atoms with Gasteiger partial charge in [-0.25, -0.2) is 0 Å². The van der Waals surface area contributed by atoms with E-state index in [2.05, 4.69) is 15.7 Å². The van der Waals surface area contributed by atoms with Crippen LogP contribution in [0, 0.1) is 13.8 Å². The second-order valence-electron chi connectivity index (χ2n) is 6.70. The highest BCUT2D eigenvalue weighted by atomic mass is 32.1. The second kappa shape index (κ2) is 9.49. The molecule has 158 valence electrons. The molecule has 0 unspecified atom stereocenters. The fourth-order valence-electron chi connectivity index (χ4n) is 3.14. The Balaban J connectivity index is 1.75. The van der Waals surface area contributed by atoms with Crippen LogP contribution in [0.1, 0.15) is 17.0 Å². The summed E-state index contributed by atoms with van der Waals surface area (Å²) in [7, 11) is 4.88. The van der Waals surface area contributed by atoms with E-state index in [9.17, 15) is 0 Å². The number of ether oxygens (including phenoxy) is 3. The van der Waals surface area contributed by atoms with E-state index < -0.39 is 0 Å². The predicted octanol–water partition coefficient (Wildman–Crippen LogP) is 4.38. The van der Waals surface area contributed by atoms with Crippen molar-refractivity contribution < 1.29 is 14.2 Å². The molecule has 30 heavy (non-hydrogen) atoms. The minimum Gasteiger partial charge on any atom is -0.497 e. The van der Waals surface area contributed by atoms with Gasteiger partial charge in [0.15, 0.2) is 5.11 Å². The molecule has 0 bridgehead atoms. The van der Waals surface area contributed by atoms with Gasteiger partial charge in [0.05, 0.1) is 50.6 Å². The molecule has 2 N–H and O–H groups in total. The molecule has 3 aromatic rings. The molecule has 3 rings (SSSR count). The molecular weight excluding hydrogens is 400 g/mol. The normalized spacial score (nSPS) is 10.4. The first-order valence-electron chi connectivity index (χ1n) is 9.42. The summed E-state index contributed by atoms with van der Waals surface area (Å²) in [6.45, 7) is 4.60. The fraction of sp³-hybridized carbons (Fsp3) is 0.273. The Kier molecular flexibility index (Phi) is 6.79. The second-order valence-corrected chi connectivity index (χ2v) is 7.11. The SMILES string of the molecule is COc1cccc(Cn2nc(C)c(NC(=S)Nc3ccc(OC)cc3OC)c2C)c1. The molecule has 0 amide bonds. The zero-order chi connectivity index (χ0) is 21.7. The zero-order valence-electron chi connectivity index (χ0n) is 17.8. The van der Waals surface area contributed by atoms with Gasteiger partial charge in [-0.05, 0) is 55.9 Å². The number of nitrogens with zero attached hydrogens (tertiary/aromatic N) is 2. The first-order chi connectivity index (χ1) is 14.4. The molecule has 0 aliphatic rings. The molecule has 0 aliphatic carbocycles. The molecule has 0 fully saturated rings. The van der Waals surface area contributed by atoms with Crippen molar-refractivity contribution >= 4 is 28.7 Å². The first kappa shape index (κ1) is 21.4. The van der Waals surface area contributed by atoms with Crippen molar-refractivity contribution in [2.24, 2.45) is 0 Å². The molecule has 0 spiro atoms. The third-order valence-electron chi connectivity index (χ3n) is 4.74. The van der Waals surface area contributed by atoms with E-state index in [0.29, 0.717) is 23.2 Å². The van der Waals surface area contributed by atoms with Crippen LogP contribution in [0.5, 0.6) is 17.2 Å². The highest BCUT2D eigenvalue weighted by Crippen LogP contribution is 2.29. The van der Waals surface area contributed by atoms with Crippen molar-refractivity contribution in [3.63, 3.8) is 0 Å². The van der Waals surface area contributed by atoms with Crippen LogP contribution in [0.3, 0.4) is 0 Å². The minimum atomic E-state index is 0.450. The molecule has 7 nitrogen and oxygen atoms in total. The molecule has 0 saturated carbocycles. The molecule has 1 aromatic heterocycles. The summed E-state index contributed by atoms with van der Waals surface area (Å²) in [5.41, 5.74) is 4.58. The van der Waals surface area contributed by atoms with Crippen LogP contribution in [0.25, 0.3) is 0 Å². The predicted molar refractivity (Wildman–Crippen MR) is 123 cm³/mol. The average molecular weight is 427 g/mol. The number of hydrogen-bond donors (Lipinski definition) is 2. The van der Waals surface area contributed by atoms with Crippen LogP contribution < -0.4 is 24.8 Å². The lowest BCUT2D eigenvalue weighted by atomic mass is 10.2. The van der Waals surface area contributed by atoms with Crippen molar-refractivity contribution in [3.05, 3.63) is 59.4 Å². The third kappa shape index (κ3) is 4.83. The molecule has 0 aliphatic heterocycles. The van der Waals surface area contributed by atoms with E-state index in [4.69, 9.17) is 26.4 Å². The van der Waals surface area contributed by atoms with E-state index in [0.717, 1.165) is 34.1 Å². The van der Waals surface area contributed by atoms with Gasteiger partial charge in [0.2, 0.25) is 0 Å². The van der Waals surface area contributed by atoms with Crippen molar-refractivity contribution in [1.29, 1.82) is 0 Å². The number of methoxy groups -OCH3 is 3. The number of aryl methyl sites for hydroxylation is 1. The number of rotatable bonds is 7. The molecule has 8 heteroatoms. The quantitative estimate of drug-likeness (QED) is 0.543. The van der Waals surface area contributed by atoms with Crippen LogP contribution in [-0.2, 0) is 6.54 Å². The molecule has 2 aromatic carbocycles. The Morgan fingerprint density at radius 1 is 0.967 bits per heavy atom. The topological polar surface area (TPSA) is 69.6 Å². The summed E-state index contributed by atoms with van der Waals surface area (Å²) in [5.74, 6) is 2.17. The van der Waals surface area contributed by atoms with E-state index in [1.54, 1.807) is 27.4 Å². The van der Waals surface area contributed by atoms with E-state index >= 15 is 0 Å². The molecule has 1 heterocycles. The van der Waals surface area contributed by atoms with Crippen LogP contribution in [0.4, 0.5) is 11.4 Å². The Hall–Kier alpha value is -3.26. The number of thiocarbonyl (C=S) groups is 1. The van der Waals surface area contributed by atoms with Crippen LogP contribution in [0.15, 0.2) is 42.5 Å². The van der Waals surface area contributed by atoms with Crippen molar-refractivity contribution in [1.82, 2.24) is 9.78 Å². The summed E-state index contributed by atoms with van der Waals surface area (Å²) in [6, 6.07) is 13.5. The van der Waals surface area contributed by atoms with Gasteiger partial charge in [0.1, 0.15) is 17.2 Å². The lowest BCUT2D eigenvalue weighted by Gasteiger charge is -2.14. The summed E-state index contributed by atoms with van der Waals surface area (Å²) in [4.78, 5) is 0.